The Morgan fingerprint density at radius 1 is 0.957 bits per heavy atom. The minimum atomic E-state index is -0.164. The second-order valence-corrected chi connectivity index (χ2v) is 5.16. The van der Waals surface area contributed by atoms with Crippen LogP contribution in [-0.2, 0) is 4.79 Å². The fraction of sp³-hybridized carbons (Fsp3) is 0.0500. The molecule has 3 heteroatoms. The summed E-state index contributed by atoms with van der Waals surface area (Å²) in [6.07, 6.45) is 3.28. The van der Waals surface area contributed by atoms with Crippen molar-refractivity contribution < 1.29 is 9.53 Å². The van der Waals surface area contributed by atoms with Crippen LogP contribution in [0.3, 0.4) is 0 Å². The number of carbonyl (C=O) groups excluding carboxylic acids is 1. The first-order valence-corrected chi connectivity index (χ1v) is 7.36. The molecule has 3 aromatic carbocycles. The molecule has 3 aromatic rings. The molecule has 0 heterocycles. The van der Waals surface area contributed by atoms with Gasteiger partial charge in [0, 0.05) is 11.8 Å². The van der Waals surface area contributed by atoms with E-state index in [-0.39, 0.29) is 5.91 Å². The van der Waals surface area contributed by atoms with Crippen LogP contribution in [0.2, 0.25) is 0 Å². The van der Waals surface area contributed by atoms with Gasteiger partial charge in [0.1, 0.15) is 5.75 Å². The Morgan fingerprint density at radius 3 is 2.61 bits per heavy atom. The van der Waals surface area contributed by atoms with Crippen LogP contribution >= 0.6 is 0 Å². The molecule has 3 nitrogen and oxygen atoms in total. The van der Waals surface area contributed by atoms with Crippen LogP contribution in [0, 0.1) is 0 Å². The second-order valence-electron chi connectivity index (χ2n) is 5.16. The summed E-state index contributed by atoms with van der Waals surface area (Å²) in [6, 6.07) is 21.5. The Labute approximate surface area is 135 Å². The Morgan fingerprint density at radius 2 is 1.78 bits per heavy atom. The summed E-state index contributed by atoms with van der Waals surface area (Å²) in [7, 11) is 1.62. The summed E-state index contributed by atoms with van der Waals surface area (Å²) in [5.41, 5.74) is 1.70. The zero-order valence-electron chi connectivity index (χ0n) is 12.8. The standard InChI is InChI=1S/C20H17NO2/c1-23-19-8-4-5-15(13-19)9-12-20(22)21-18-11-10-16-6-2-3-7-17(16)14-18/h2-14H,1H3,(H,21,22)/b12-9+. The summed E-state index contributed by atoms with van der Waals surface area (Å²) < 4.78 is 5.16. The maximum atomic E-state index is 12.0. The Kier molecular flexibility index (Phi) is 4.39. The monoisotopic (exact) mass is 303 g/mol. The number of anilines is 1. The van der Waals surface area contributed by atoms with Crippen LogP contribution in [0.15, 0.2) is 72.8 Å². The zero-order chi connectivity index (χ0) is 16.1. The largest absolute Gasteiger partial charge is 0.497 e. The van der Waals surface area contributed by atoms with Crippen molar-refractivity contribution in [1.82, 2.24) is 0 Å². The van der Waals surface area contributed by atoms with E-state index in [1.54, 1.807) is 13.2 Å². The Hall–Kier alpha value is -3.07. The molecule has 0 saturated heterocycles. The number of ether oxygens (including phenoxy) is 1. The SMILES string of the molecule is COc1cccc(/C=C/C(=O)Nc2ccc3ccccc3c2)c1. The lowest BCUT2D eigenvalue weighted by Gasteiger charge is -2.04. The second kappa shape index (κ2) is 6.79. The molecule has 0 bridgehead atoms. The first kappa shape index (κ1) is 14.9. The summed E-state index contributed by atoms with van der Waals surface area (Å²) in [4.78, 5) is 12.0. The van der Waals surface area contributed by atoms with Crippen molar-refractivity contribution in [2.45, 2.75) is 0 Å². The van der Waals surface area contributed by atoms with Crippen molar-refractivity contribution >= 4 is 28.4 Å². The molecule has 1 N–H and O–H groups in total. The normalized spacial score (nSPS) is 10.8. The fourth-order valence-electron chi connectivity index (χ4n) is 2.37. The third-order valence-electron chi connectivity index (χ3n) is 3.54. The molecule has 114 valence electrons. The molecule has 0 aliphatic rings. The lowest BCUT2D eigenvalue weighted by Crippen LogP contribution is -2.07. The maximum absolute atomic E-state index is 12.0. The van der Waals surface area contributed by atoms with E-state index >= 15 is 0 Å². The molecule has 0 radical (unpaired) electrons. The van der Waals surface area contributed by atoms with Crippen LogP contribution in [-0.4, -0.2) is 13.0 Å². The third kappa shape index (κ3) is 3.77. The minimum absolute atomic E-state index is 0.164. The number of methoxy groups -OCH3 is 1. The number of fused-ring (bicyclic) bond motifs is 1. The summed E-state index contributed by atoms with van der Waals surface area (Å²) in [5.74, 6) is 0.602. The predicted molar refractivity (Wildman–Crippen MR) is 94.6 cm³/mol. The molecular weight excluding hydrogens is 286 g/mol. The fourth-order valence-corrected chi connectivity index (χ4v) is 2.37. The van der Waals surface area contributed by atoms with Gasteiger partial charge in [-0.25, -0.2) is 0 Å². The summed E-state index contributed by atoms with van der Waals surface area (Å²) in [6.45, 7) is 0. The number of carbonyl (C=O) groups is 1. The average Bonchev–Trinajstić information content (AvgIpc) is 2.60. The smallest absolute Gasteiger partial charge is 0.248 e. The molecular formula is C20H17NO2. The van der Waals surface area contributed by atoms with Gasteiger partial charge in [-0.3, -0.25) is 4.79 Å². The van der Waals surface area contributed by atoms with Gasteiger partial charge >= 0.3 is 0 Å². The van der Waals surface area contributed by atoms with Gasteiger partial charge < -0.3 is 10.1 Å². The molecule has 0 aromatic heterocycles. The molecule has 1 amide bonds. The van der Waals surface area contributed by atoms with Gasteiger partial charge in [-0.15, -0.1) is 0 Å². The highest BCUT2D eigenvalue weighted by Crippen LogP contribution is 2.19. The van der Waals surface area contributed by atoms with Gasteiger partial charge in [0.2, 0.25) is 5.91 Å². The third-order valence-corrected chi connectivity index (χ3v) is 3.54. The lowest BCUT2D eigenvalue weighted by molar-refractivity contribution is -0.111. The number of hydrogen-bond acceptors (Lipinski definition) is 2. The number of hydrogen-bond donors (Lipinski definition) is 1. The summed E-state index contributed by atoms with van der Waals surface area (Å²) >= 11 is 0. The van der Waals surface area contributed by atoms with E-state index in [0.717, 1.165) is 27.8 Å². The number of rotatable bonds is 4. The average molecular weight is 303 g/mol. The molecule has 0 spiro atoms. The highest BCUT2D eigenvalue weighted by molar-refractivity contribution is 6.03. The molecule has 23 heavy (non-hydrogen) atoms. The van der Waals surface area contributed by atoms with Crippen molar-refractivity contribution in [1.29, 1.82) is 0 Å². The van der Waals surface area contributed by atoms with Crippen molar-refractivity contribution in [3.8, 4) is 5.75 Å². The van der Waals surface area contributed by atoms with E-state index in [1.165, 1.54) is 6.08 Å². The number of benzene rings is 3. The van der Waals surface area contributed by atoms with Crippen LogP contribution in [0.5, 0.6) is 5.75 Å². The highest BCUT2D eigenvalue weighted by atomic mass is 16.5. The van der Waals surface area contributed by atoms with Gasteiger partial charge in [0.25, 0.3) is 0 Å². The topological polar surface area (TPSA) is 38.3 Å². The number of nitrogens with one attached hydrogen (secondary N) is 1. The highest BCUT2D eigenvalue weighted by Gasteiger charge is 2.00. The van der Waals surface area contributed by atoms with Gasteiger partial charge in [0.15, 0.2) is 0 Å². The zero-order valence-corrected chi connectivity index (χ0v) is 12.8. The van der Waals surface area contributed by atoms with E-state index in [4.69, 9.17) is 4.74 Å². The van der Waals surface area contributed by atoms with Crippen molar-refractivity contribution in [2.24, 2.45) is 0 Å². The predicted octanol–water partition coefficient (Wildman–Crippen LogP) is 4.50. The van der Waals surface area contributed by atoms with Crippen LogP contribution in [0.4, 0.5) is 5.69 Å². The van der Waals surface area contributed by atoms with Crippen molar-refractivity contribution in [3.05, 3.63) is 78.4 Å². The van der Waals surface area contributed by atoms with Gasteiger partial charge in [-0.1, -0.05) is 42.5 Å². The van der Waals surface area contributed by atoms with E-state index < -0.39 is 0 Å². The van der Waals surface area contributed by atoms with Crippen LogP contribution in [0.1, 0.15) is 5.56 Å². The van der Waals surface area contributed by atoms with E-state index in [1.807, 2.05) is 66.7 Å². The maximum Gasteiger partial charge on any atom is 0.248 e. The van der Waals surface area contributed by atoms with E-state index in [0.29, 0.717) is 0 Å². The lowest BCUT2D eigenvalue weighted by atomic mass is 10.1. The minimum Gasteiger partial charge on any atom is -0.497 e. The quantitative estimate of drug-likeness (QED) is 0.721. The molecule has 3 rings (SSSR count). The van der Waals surface area contributed by atoms with Crippen LogP contribution < -0.4 is 10.1 Å². The molecule has 0 aliphatic heterocycles. The molecule has 0 atom stereocenters. The summed E-state index contributed by atoms with van der Waals surface area (Å²) in [5, 5.41) is 5.13. The Bertz CT molecular complexity index is 868. The first-order valence-electron chi connectivity index (χ1n) is 7.36. The van der Waals surface area contributed by atoms with E-state index in [9.17, 15) is 4.79 Å². The molecule has 0 saturated carbocycles. The molecule has 0 aliphatic carbocycles. The Balaban J connectivity index is 1.71. The van der Waals surface area contributed by atoms with Crippen molar-refractivity contribution in [2.75, 3.05) is 12.4 Å². The first-order chi connectivity index (χ1) is 11.2. The number of amides is 1. The van der Waals surface area contributed by atoms with Gasteiger partial charge in [0.05, 0.1) is 7.11 Å². The van der Waals surface area contributed by atoms with E-state index in [2.05, 4.69) is 5.32 Å². The molecule has 0 unspecified atom stereocenters. The van der Waals surface area contributed by atoms with Crippen LogP contribution in [0.25, 0.3) is 16.8 Å². The van der Waals surface area contributed by atoms with Gasteiger partial charge in [-0.05, 0) is 46.7 Å². The van der Waals surface area contributed by atoms with Crippen molar-refractivity contribution in [3.63, 3.8) is 0 Å². The molecule has 0 fully saturated rings. The van der Waals surface area contributed by atoms with Gasteiger partial charge in [-0.2, -0.15) is 0 Å².